The minimum atomic E-state index is -4.05. The van der Waals surface area contributed by atoms with Crippen molar-refractivity contribution in [3.8, 4) is 11.4 Å². The number of aromatic nitrogens is 6. The monoisotopic (exact) mass is 511 g/mol. The Kier molecular flexibility index (Phi) is 8.85. The van der Waals surface area contributed by atoms with Gasteiger partial charge in [-0.25, -0.2) is 18.4 Å². The molecule has 3 heterocycles. The Bertz CT molecular complexity index is 1160. The summed E-state index contributed by atoms with van der Waals surface area (Å²) in [5.74, 6) is 0.581. The standard InChI is InChI=1S/C20H26ClN7O5S/c1-13(17(33-4)18-23-9-15(21)10-24-18)34(29,30)27-20-26-25-19(14-6-5-7-22-8-14)28(20)16(11-31-2)12-32-3/h5-10,13,16-17H,11-12H2,1-4H3,(H,26,27)/t13-,17-/m0/s1. The predicted molar refractivity (Wildman–Crippen MR) is 125 cm³/mol. The number of halogens is 1. The lowest BCUT2D eigenvalue weighted by molar-refractivity contribution is 0.0907. The molecule has 0 unspecified atom stereocenters. The highest BCUT2D eigenvalue weighted by Gasteiger charge is 2.35. The van der Waals surface area contributed by atoms with Gasteiger partial charge < -0.3 is 14.2 Å². The van der Waals surface area contributed by atoms with Crippen molar-refractivity contribution < 1.29 is 22.6 Å². The number of ether oxygens (including phenoxy) is 3. The van der Waals surface area contributed by atoms with Gasteiger partial charge in [-0.1, -0.05) is 11.6 Å². The lowest BCUT2D eigenvalue weighted by Crippen LogP contribution is -2.34. The molecule has 0 radical (unpaired) electrons. The van der Waals surface area contributed by atoms with Crippen molar-refractivity contribution in [2.24, 2.45) is 0 Å². The van der Waals surface area contributed by atoms with E-state index in [1.54, 1.807) is 29.1 Å². The lowest BCUT2D eigenvalue weighted by atomic mass is 10.2. The van der Waals surface area contributed by atoms with Crippen molar-refractivity contribution in [3.63, 3.8) is 0 Å². The largest absolute Gasteiger partial charge is 0.382 e. The van der Waals surface area contributed by atoms with Crippen LogP contribution in [0.4, 0.5) is 5.95 Å². The quantitative estimate of drug-likeness (QED) is 0.384. The Labute approximate surface area is 202 Å². The Morgan fingerprint density at radius 1 is 1.09 bits per heavy atom. The number of rotatable bonds is 12. The van der Waals surface area contributed by atoms with Gasteiger partial charge >= 0.3 is 0 Å². The maximum Gasteiger partial charge on any atom is 0.240 e. The topological polar surface area (TPSA) is 143 Å². The summed E-state index contributed by atoms with van der Waals surface area (Å²) in [6.07, 6.45) is 5.02. The highest BCUT2D eigenvalue weighted by Crippen LogP contribution is 2.28. The maximum atomic E-state index is 13.3. The second-order valence-corrected chi connectivity index (χ2v) is 9.77. The summed E-state index contributed by atoms with van der Waals surface area (Å²) in [6.45, 7) is 1.93. The Morgan fingerprint density at radius 3 is 2.32 bits per heavy atom. The van der Waals surface area contributed by atoms with Crippen LogP contribution in [-0.2, 0) is 24.2 Å². The Hall–Kier alpha value is -2.71. The first-order valence-corrected chi connectivity index (χ1v) is 12.1. The summed E-state index contributed by atoms with van der Waals surface area (Å²) in [7, 11) is 0.413. The molecule has 0 amide bonds. The summed E-state index contributed by atoms with van der Waals surface area (Å²) in [5.41, 5.74) is 0.648. The third-order valence-electron chi connectivity index (χ3n) is 5.00. The number of methoxy groups -OCH3 is 3. The zero-order valence-corrected chi connectivity index (χ0v) is 20.7. The fraction of sp³-hybridized carbons (Fsp3) is 0.450. The molecule has 3 aromatic rings. The van der Waals surface area contributed by atoms with E-state index in [-0.39, 0.29) is 25.0 Å². The average Bonchev–Trinajstić information content (AvgIpc) is 3.23. The number of anilines is 1. The molecule has 1 N–H and O–H groups in total. The summed E-state index contributed by atoms with van der Waals surface area (Å²) in [5, 5.41) is 7.56. The molecule has 12 nitrogen and oxygen atoms in total. The zero-order chi connectivity index (χ0) is 24.7. The van der Waals surface area contributed by atoms with Crippen LogP contribution in [0.1, 0.15) is 24.9 Å². The molecule has 0 saturated carbocycles. The number of nitrogens with zero attached hydrogens (tertiary/aromatic N) is 6. The summed E-state index contributed by atoms with van der Waals surface area (Å²) < 4.78 is 46.9. The van der Waals surface area contributed by atoms with Gasteiger partial charge in [0.1, 0.15) is 11.4 Å². The van der Waals surface area contributed by atoms with Crippen molar-refractivity contribution in [1.82, 2.24) is 29.7 Å². The van der Waals surface area contributed by atoms with Crippen molar-refractivity contribution in [2.75, 3.05) is 39.3 Å². The van der Waals surface area contributed by atoms with Crippen molar-refractivity contribution >= 4 is 27.6 Å². The van der Waals surface area contributed by atoms with Crippen LogP contribution in [0.25, 0.3) is 11.4 Å². The average molecular weight is 512 g/mol. The molecule has 34 heavy (non-hydrogen) atoms. The van der Waals surface area contributed by atoms with E-state index < -0.39 is 27.4 Å². The molecule has 3 rings (SSSR count). The number of pyridine rings is 1. The molecule has 0 saturated heterocycles. The highest BCUT2D eigenvalue weighted by molar-refractivity contribution is 7.93. The van der Waals surface area contributed by atoms with Crippen LogP contribution in [0.2, 0.25) is 5.02 Å². The van der Waals surface area contributed by atoms with Crippen LogP contribution in [0.5, 0.6) is 0 Å². The molecule has 0 bridgehead atoms. The second kappa shape index (κ2) is 11.6. The van der Waals surface area contributed by atoms with Crippen LogP contribution >= 0.6 is 11.6 Å². The van der Waals surface area contributed by atoms with Crippen LogP contribution in [-0.4, -0.2) is 77.9 Å². The van der Waals surface area contributed by atoms with Gasteiger partial charge in [-0.3, -0.25) is 14.3 Å². The highest BCUT2D eigenvalue weighted by atomic mass is 35.5. The van der Waals surface area contributed by atoms with E-state index in [1.807, 2.05) is 0 Å². The van der Waals surface area contributed by atoms with E-state index in [0.29, 0.717) is 16.4 Å². The first-order chi connectivity index (χ1) is 16.3. The minimum Gasteiger partial charge on any atom is -0.382 e. The molecule has 0 fully saturated rings. The smallest absolute Gasteiger partial charge is 0.240 e. The summed E-state index contributed by atoms with van der Waals surface area (Å²) in [6, 6.07) is 3.12. The molecule has 0 aromatic carbocycles. The predicted octanol–water partition coefficient (Wildman–Crippen LogP) is 2.14. The number of hydrogen-bond acceptors (Lipinski definition) is 10. The molecule has 0 aliphatic heterocycles. The van der Waals surface area contributed by atoms with Crippen molar-refractivity contribution in [2.45, 2.75) is 24.3 Å². The molecule has 14 heteroatoms. The first-order valence-electron chi connectivity index (χ1n) is 10.2. The van der Waals surface area contributed by atoms with Gasteiger partial charge in [-0.05, 0) is 19.1 Å². The molecule has 0 aliphatic rings. The number of nitrogens with one attached hydrogen (secondary N) is 1. The van der Waals surface area contributed by atoms with Gasteiger partial charge in [-0.15, -0.1) is 10.2 Å². The molecule has 184 valence electrons. The van der Waals surface area contributed by atoms with Gasteiger partial charge in [0.05, 0.1) is 24.3 Å². The molecular weight excluding hydrogens is 486 g/mol. The molecule has 0 spiro atoms. The SMILES string of the molecule is COCC(COC)n1c(NS(=O)(=O)[C@@H](C)[C@H](OC)c2ncc(Cl)cn2)nnc1-c1cccnc1. The van der Waals surface area contributed by atoms with Crippen LogP contribution in [0.15, 0.2) is 36.9 Å². The third kappa shape index (κ3) is 5.85. The molecule has 3 aromatic heterocycles. The van der Waals surface area contributed by atoms with Gasteiger partial charge in [-0.2, -0.15) is 0 Å². The van der Waals surface area contributed by atoms with Crippen molar-refractivity contribution in [1.29, 1.82) is 0 Å². The van der Waals surface area contributed by atoms with E-state index in [2.05, 4.69) is 29.9 Å². The van der Waals surface area contributed by atoms with Gasteiger partial charge in [0.25, 0.3) is 0 Å². The molecular formula is C20H26ClN7O5S. The maximum absolute atomic E-state index is 13.3. The summed E-state index contributed by atoms with van der Waals surface area (Å²) >= 11 is 5.85. The second-order valence-electron chi connectivity index (χ2n) is 7.29. The summed E-state index contributed by atoms with van der Waals surface area (Å²) in [4.78, 5) is 12.3. The normalized spacial score (nSPS) is 13.7. The molecule has 2 atom stereocenters. The number of hydrogen-bond donors (Lipinski definition) is 1. The first kappa shape index (κ1) is 25.9. The van der Waals surface area contributed by atoms with Gasteiger partial charge in [0.2, 0.25) is 16.0 Å². The Balaban J connectivity index is 1.99. The van der Waals surface area contributed by atoms with Gasteiger partial charge in [0, 0.05) is 51.7 Å². The van der Waals surface area contributed by atoms with Gasteiger partial charge in [0.15, 0.2) is 11.6 Å². The number of sulfonamides is 1. The Morgan fingerprint density at radius 2 is 1.76 bits per heavy atom. The van der Waals surface area contributed by atoms with Crippen LogP contribution in [0, 0.1) is 0 Å². The van der Waals surface area contributed by atoms with Crippen molar-refractivity contribution in [3.05, 3.63) is 47.8 Å². The lowest BCUT2D eigenvalue weighted by Gasteiger charge is -2.24. The fourth-order valence-corrected chi connectivity index (χ4v) is 4.58. The van der Waals surface area contributed by atoms with E-state index in [9.17, 15) is 8.42 Å². The van der Waals surface area contributed by atoms with E-state index in [4.69, 9.17) is 25.8 Å². The molecule has 0 aliphatic carbocycles. The van der Waals surface area contributed by atoms with E-state index >= 15 is 0 Å². The van der Waals surface area contributed by atoms with E-state index in [0.717, 1.165) is 0 Å². The fourth-order valence-electron chi connectivity index (χ4n) is 3.34. The zero-order valence-electron chi connectivity index (χ0n) is 19.1. The van der Waals surface area contributed by atoms with E-state index in [1.165, 1.54) is 40.6 Å². The van der Waals surface area contributed by atoms with Crippen LogP contribution < -0.4 is 4.72 Å². The van der Waals surface area contributed by atoms with Crippen LogP contribution in [0.3, 0.4) is 0 Å². The third-order valence-corrected chi connectivity index (χ3v) is 6.89. The minimum absolute atomic E-state index is 0.00307.